The summed E-state index contributed by atoms with van der Waals surface area (Å²) < 4.78 is 63.0. The molecule has 0 aromatic heterocycles. The number of benzene rings is 1. The van der Waals surface area contributed by atoms with Gasteiger partial charge in [-0.15, -0.1) is 0 Å². The van der Waals surface area contributed by atoms with Crippen LogP contribution in [0.15, 0.2) is 35.2 Å². The first-order valence-electron chi connectivity index (χ1n) is 7.08. The third-order valence-corrected chi connectivity index (χ3v) is 5.01. The first-order valence-corrected chi connectivity index (χ1v) is 8.56. The summed E-state index contributed by atoms with van der Waals surface area (Å²) in [5, 5.41) is 0. The van der Waals surface area contributed by atoms with Gasteiger partial charge >= 0.3 is 6.18 Å². The number of hydrogen-bond acceptors (Lipinski definition) is 4. The molecule has 1 saturated heterocycles. The number of carbonyl (C=O) groups excluding carboxylic acids is 1. The lowest BCUT2D eigenvalue weighted by atomic mass is 9.96. The number of halogens is 3. The fourth-order valence-electron chi connectivity index (χ4n) is 2.48. The summed E-state index contributed by atoms with van der Waals surface area (Å²) in [5.74, 6) is -1.27. The number of carbonyl (C=O) groups is 1. The lowest BCUT2D eigenvalue weighted by Crippen LogP contribution is -2.44. The van der Waals surface area contributed by atoms with Crippen LogP contribution in [0.3, 0.4) is 0 Å². The number of sulfonamides is 1. The van der Waals surface area contributed by atoms with E-state index in [1.165, 1.54) is 29.2 Å². The van der Waals surface area contributed by atoms with Gasteiger partial charge in [0.05, 0.1) is 11.4 Å². The molecule has 0 aliphatic carbocycles. The number of likely N-dealkylation sites (tertiary alicyclic amines) is 1. The van der Waals surface area contributed by atoms with E-state index < -0.39 is 34.6 Å². The fraction of sp³-hybridized carbons (Fsp3) is 0.500. The fourth-order valence-corrected chi connectivity index (χ4v) is 3.55. The van der Waals surface area contributed by atoms with Crippen LogP contribution in [-0.2, 0) is 14.8 Å². The summed E-state index contributed by atoms with van der Waals surface area (Å²) >= 11 is 0. The Morgan fingerprint density at radius 3 is 2.26 bits per heavy atom. The van der Waals surface area contributed by atoms with Gasteiger partial charge in [0, 0.05) is 5.92 Å². The summed E-state index contributed by atoms with van der Waals surface area (Å²) in [4.78, 5) is 13.2. The van der Waals surface area contributed by atoms with Gasteiger partial charge in [0.25, 0.3) is 10.0 Å². The SMILES string of the molecule is O=C(NS(=O)(=O)c1ccccc1)C1CCN(CC(F)(F)F)CC1. The molecule has 1 aliphatic heterocycles. The van der Waals surface area contributed by atoms with Gasteiger partial charge in [0.1, 0.15) is 0 Å². The molecule has 2 rings (SSSR count). The molecule has 1 aromatic carbocycles. The van der Waals surface area contributed by atoms with Gasteiger partial charge in [-0.2, -0.15) is 13.2 Å². The van der Waals surface area contributed by atoms with E-state index >= 15 is 0 Å². The van der Waals surface area contributed by atoms with Gasteiger partial charge in [-0.05, 0) is 38.1 Å². The van der Waals surface area contributed by atoms with E-state index in [4.69, 9.17) is 0 Å². The van der Waals surface area contributed by atoms with Crippen LogP contribution in [0.4, 0.5) is 13.2 Å². The van der Waals surface area contributed by atoms with E-state index in [1.807, 2.05) is 4.72 Å². The second-order valence-electron chi connectivity index (χ2n) is 5.45. The van der Waals surface area contributed by atoms with Crippen molar-refractivity contribution in [3.05, 3.63) is 30.3 Å². The van der Waals surface area contributed by atoms with Crippen molar-refractivity contribution >= 4 is 15.9 Å². The lowest BCUT2D eigenvalue weighted by molar-refractivity contribution is -0.149. The van der Waals surface area contributed by atoms with Gasteiger partial charge in [-0.25, -0.2) is 13.1 Å². The minimum Gasteiger partial charge on any atom is -0.295 e. The molecule has 23 heavy (non-hydrogen) atoms. The molecule has 1 fully saturated rings. The molecule has 0 atom stereocenters. The average Bonchev–Trinajstić information content (AvgIpc) is 2.47. The van der Waals surface area contributed by atoms with Gasteiger partial charge in [-0.1, -0.05) is 18.2 Å². The third kappa shape index (κ3) is 5.21. The van der Waals surface area contributed by atoms with Gasteiger partial charge in [-0.3, -0.25) is 9.69 Å². The largest absolute Gasteiger partial charge is 0.401 e. The molecule has 0 bridgehead atoms. The Morgan fingerprint density at radius 2 is 1.74 bits per heavy atom. The summed E-state index contributed by atoms with van der Waals surface area (Å²) in [5.41, 5.74) is 0. The van der Waals surface area contributed by atoms with Crippen LogP contribution in [0.25, 0.3) is 0 Å². The molecular weight excluding hydrogens is 333 g/mol. The Balaban J connectivity index is 1.91. The number of hydrogen-bond donors (Lipinski definition) is 1. The molecule has 0 radical (unpaired) electrons. The second kappa shape index (κ2) is 6.88. The highest BCUT2D eigenvalue weighted by Crippen LogP contribution is 2.23. The van der Waals surface area contributed by atoms with Crippen molar-refractivity contribution in [1.29, 1.82) is 0 Å². The number of nitrogens with one attached hydrogen (secondary N) is 1. The second-order valence-corrected chi connectivity index (χ2v) is 7.13. The maximum absolute atomic E-state index is 12.3. The summed E-state index contributed by atoms with van der Waals surface area (Å²) in [6.45, 7) is -0.782. The molecular formula is C14H17F3N2O3S. The Hall–Kier alpha value is -1.61. The van der Waals surface area contributed by atoms with Crippen LogP contribution in [0.2, 0.25) is 0 Å². The average molecular weight is 350 g/mol. The molecule has 1 heterocycles. The number of amides is 1. The van der Waals surface area contributed by atoms with E-state index in [1.54, 1.807) is 6.07 Å². The van der Waals surface area contributed by atoms with E-state index in [0.717, 1.165) is 0 Å². The zero-order valence-electron chi connectivity index (χ0n) is 12.2. The number of alkyl halides is 3. The van der Waals surface area contributed by atoms with Gasteiger partial charge in [0.15, 0.2) is 0 Å². The first kappa shape index (κ1) is 17.7. The monoisotopic (exact) mass is 350 g/mol. The van der Waals surface area contributed by atoms with E-state index in [0.29, 0.717) is 0 Å². The lowest BCUT2D eigenvalue weighted by Gasteiger charge is -2.31. The van der Waals surface area contributed by atoms with Crippen molar-refractivity contribution in [1.82, 2.24) is 9.62 Å². The van der Waals surface area contributed by atoms with Crippen LogP contribution >= 0.6 is 0 Å². The van der Waals surface area contributed by atoms with E-state index in [2.05, 4.69) is 0 Å². The van der Waals surface area contributed by atoms with Crippen molar-refractivity contribution in [2.45, 2.75) is 23.9 Å². The maximum Gasteiger partial charge on any atom is 0.401 e. The van der Waals surface area contributed by atoms with Crippen LogP contribution < -0.4 is 4.72 Å². The quantitative estimate of drug-likeness (QED) is 0.899. The topological polar surface area (TPSA) is 66.5 Å². The van der Waals surface area contributed by atoms with Gasteiger partial charge in [0.2, 0.25) is 5.91 Å². The highest BCUT2D eigenvalue weighted by Gasteiger charge is 2.34. The molecule has 1 aliphatic rings. The first-order chi connectivity index (χ1) is 10.7. The molecule has 1 amide bonds. The number of nitrogens with zero attached hydrogens (tertiary/aromatic N) is 1. The van der Waals surface area contributed by atoms with Gasteiger partial charge < -0.3 is 0 Å². The van der Waals surface area contributed by atoms with Crippen LogP contribution in [-0.4, -0.2) is 45.0 Å². The third-order valence-electron chi connectivity index (χ3n) is 3.65. The molecule has 9 heteroatoms. The molecule has 5 nitrogen and oxygen atoms in total. The molecule has 0 saturated carbocycles. The van der Waals surface area contributed by atoms with Crippen LogP contribution in [0.1, 0.15) is 12.8 Å². The van der Waals surface area contributed by atoms with E-state index in [9.17, 15) is 26.4 Å². The number of rotatable bonds is 4. The summed E-state index contributed by atoms with van der Waals surface area (Å²) in [6, 6.07) is 7.45. The maximum atomic E-state index is 12.3. The van der Waals surface area contributed by atoms with Crippen molar-refractivity contribution in [3.8, 4) is 0 Å². The standard InChI is InChI=1S/C14H17F3N2O3S/c15-14(16,17)10-19-8-6-11(7-9-19)13(20)18-23(21,22)12-4-2-1-3-5-12/h1-5,11H,6-10H2,(H,18,20). The molecule has 1 aromatic rings. The number of piperidine rings is 1. The molecule has 1 N–H and O–H groups in total. The van der Waals surface area contributed by atoms with Crippen molar-refractivity contribution in [3.63, 3.8) is 0 Å². The van der Waals surface area contributed by atoms with E-state index in [-0.39, 0.29) is 30.8 Å². The smallest absolute Gasteiger partial charge is 0.295 e. The summed E-state index contributed by atoms with van der Waals surface area (Å²) in [7, 11) is -3.94. The predicted molar refractivity (Wildman–Crippen MR) is 77.0 cm³/mol. The minimum atomic E-state index is -4.27. The molecule has 0 unspecified atom stereocenters. The van der Waals surface area contributed by atoms with Crippen molar-refractivity contribution in [2.75, 3.05) is 19.6 Å². The van der Waals surface area contributed by atoms with Crippen LogP contribution in [0.5, 0.6) is 0 Å². The highest BCUT2D eigenvalue weighted by molar-refractivity contribution is 7.90. The Kier molecular flexibility index (Phi) is 5.30. The van der Waals surface area contributed by atoms with Crippen LogP contribution in [0, 0.1) is 5.92 Å². The Bertz CT molecular complexity index is 639. The Labute approximate surface area is 132 Å². The molecule has 0 spiro atoms. The Morgan fingerprint density at radius 1 is 1.17 bits per heavy atom. The normalized spacial score (nSPS) is 17.9. The summed E-state index contributed by atoms with van der Waals surface area (Å²) in [6.07, 6.45) is -3.87. The molecule has 128 valence electrons. The predicted octanol–water partition coefficient (Wildman–Crippen LogP) is 1.77. The van der Waals surface area contributed by atoms with Crippen molar-refractivity contribution < 1.29 is 26.4 Å². The van der Waals surface area contributed by atoms with Crippen molar-refractivity contribution in [2.24, 2.45) is 5.92 Å². The zero-order chi connectivity index (χ0) is 17.1. The minimum absolute atomic E-state index is 0.0251. The zero-order valence-corrected chi connectivity index (χ0v) is 13.0. The highest BCUT2D eigenvalue weighted by atomic mass is 32.2.